The quantitative estimate of drug-likeness (QED) is 0.589. The number of carbonyl (C=O) groups excluding carboxylic acids is 2. The molecule has 0 bridgehead atoms. The summed E-state index contributed by atoms with van der Waals surface area (Å²) >= 11 is 6.10. The largest absolute Gasteiger partial charge is 0.495 e. The summed E-state index contributed by atoms with van der Waals surface area (Å²) in [6, 6.07) is 9.28. The van der Waals surface area contributed by atoms with Gasteiger partial charge in [0.2, 0.25) is 15.9 Å². The van der Waals surface area contributed by atoms with E-state index in [1.807, 2.05) is 6.92 Å². The van der Waals surface area contributed by atoms with E-state index < -0.39 is 21.8 Å². The van der Waals surface area contributed by atoms with Gasteiger partial charge in [-0.05, 0) is 42.8 Å². The summed E-state index contributed by atoms with van der Waals surface area (Å²) in [6.45, 7) is 5.57. The Kier molecular flexibility index (Phi) is 8.43. The molecule has 0 unspecified atom stereocenters. The Hall–Kier alpha value is -2.62. The first-order chi connectivity index (χ1) is 14.6. The van der Waals surface area contributed by atoms with Crippen molar-refractivity contribution in [2.24, 2.45) is 0 Å². The third-order valence-corrected chi connectivity index (χ3v) is 6.94. The molecule has 2 amide bonds. The summed E-state index contributed by atoms with van der Waals surface area (Å²) in [5, 5.41) is 5.49. The van der Waals surface area contributed by atoms with Crippen molar-refractivity contribution in [1.29, 1.82) is 0 Å². The molecule has 0 radical (unpaired) electrons. The molecule has 2 aromatic rings. The normalized spacial score (nSPS) is 11.3. The van der Waals surface area contributed by atoms with Crippen LogP contribution in [0.3, 0.4) is 0 Å². The summed E-state index contributed by atoms with van der Waals surface area (Å²) in [5.41, 5.74) is 1.47. The molecule has 0 saturated heterocycles. The maximum Gasteiger partial charge on any atom is 0.251 e. The average Bonchev–Trinajstić information content (AvgIpc) is 2.74. The zero-order valence-electron chi connectivity index (χ0n) is 17.9. The van der Waals surface area contributed by atoms with E-state index in [9.17, 15) is 18.0 Å². The van der Waals surface area contributed by atoms with Gasteiger partial charge >= 0.3 is 0 Å². The van der Waals surface area contributed by atoms with Crippen LogP contribution >= 0.6 is 11.6 Å². The number of ether oxygens (including phenoxy) is 1. The number of benzene rings is 2. The number of nitrogens with zero attached hydrogens (tertiary/aromatic N) is 1. The minimum Gasteiger partial charge on any atom is -0.495 e. The Labute approximate surface area is 187 Å². The molecule has 0 aliphatic carbocycles. The maximum absolute atomic E-state index is 12.9. The first kappa shape index (κ1) is 24.6. The van der Waals surface area contributed by atoms with Crippen LogP contribution in [0.2, 0.25) is 5.02 Å². The Balaban J connectivity index is 2.15. The fourth-order valence-electron chi connectivity index (χ4n) is 2.90. The predicted octanol–water partition coefficient (Wildman–Crippen LogP) is 3.06. The van der Waals surface area contributed by atoms with Gasteiger partial charge in [-0.3, -0.25) is 9.59 Å². The molecule has 2 aromatic carbocycles. The molecule has 0 heterocycles. The van der Waals surface area contributed by atoms with E-state index >= 15 is 0 Å². The van der Waals surface area contributed by atoms with Crippen LogP contribution < -0.4 is 15.4 Å². The fourth-order valence-corrected chi connectivity index (χ4v) is 4.82. The predicted molar refractivity (Wildman–Crippen MR) is 120 cm³/mol. The van der Waals surface area contributed by atoms with Gasteiger partial charge < -0.3 is 15.4 Å². The number of methoxy groups -OCH3 is 1. The van der Waals surface area contributed by atoms with Gasteiger partial charge in [-0.25, -0.2) is 8.42 Å². The lowest BCUT2D eigenvalue weighted by molar-refractivity contribution is -0.115. The number of rotatable bonds is 9. The van der Waals surface area contributed by atoms with E-state index in [0.717, 1.165) is 5.56 Å². The van der Waals surface area contributed by atoms with E-state index in [-0.39, 0.29) is 35.8 Å². The average molecular weight is 468 g/mol. The minimum absolute atomic E-state index is 0.0905. The first-order valence-corrected chi connectivity index (χ1v) is 11.5. The number of anilines is 1. The number of carbonyl (C=O) groups is 2. The summed E-state index contributed by atoms with van der Waals surface area (Å²) in [6.07, 6.45) is 0. The topological polar surface area (TPSA) is 105 Å². The van der Waals surface area contributed by atoms with Gasteiger partial charge in [-0.1, -0.05) is 31.5 Å². The summed E-state index contributed by atoms with van der Waals surface area (Å²) in [7, 11) is -2.49. The molecule has 0 aliphatic heterocycles. The van der Waals surface area contributed by atoms with Crippen LogP contribution in [0, 0.1) is 6.92 Å². The number of halogens is 1. The molecule has 2 N–H and O–H groups in total. The number of nitrogens with one attached hydrogen (secondary N) is 2. The summed E-state index contributed by atoms with van der Waals surface area (Å²) < 4.78 is 32.3. The van der Waals surface area contributed by atoms with Crippen LogP contribution in [0.4, 0.5) is 5.69 Å². The van der Waals surface area contributed by atoms with Gasteiger partial charge in [-0.15, -0.1) is 0 Å². The van der Waals surface area contributed by atoms with Crippen LogP contribution in [0.15, 0.2) is 41.3 Å². The number of amides is 2. The number of hydrogen-bond donors (Lipinski definition) is 2. The summed E-state index contributed by atoms with van der Waals surface area (Å²) in [5.74, 6) is -0.928. The number of aryl methyl sites for hydroxylation is 1. The minimum atomic E-state index is -3.85. The first-order valence-electron chi connectivity index (χ1n) is 9.66. The van der Waals surface area contributed by atoms with Crippen molar-refractivity contribution in [3.63, 3.8) is 0 Å². The smallest absolute Gasteiger partial charge is 0.251 e. The van der Waals surface area contributed by atoms with Crippen LogP contribution in [0.25, 0.3) is 0 Å². The van der Waals surface area contributed by atoms with Gasteiger partial charge in [0.1, 0.15) is 10.6 Å². The Morgan fingerprint density at radius 2 is 1.77 bits per heavy atom. The monoisotopic (exact) mass is 467 g/mol. The highest BCUT2D eigenvalue weighted by Gasteiger charge is 2.27. The molecule has 10 heteroatoms. The zero-order chi connectivity index (χ0) is 23.2. The fraction of sp³-hybridized carbons (Fsp3) is 0.333. The van der Waals surface area contributed by atoms with Gasteiger partial charge in [0.05, 0.1) is 24.4 Å². The maximum atomic E-state index is 12.9. The highest BCUT2D eigenvalue weighted by molar-refractivity contribution is 7.89. The molecular weight excluding hydrogens is 442 g/mol. The molecule has 0 atom stereocenters. The van der Waals surface area contributed by atoms with E-state index in [0.29, 0.717) is 10.7 Å². The number of sulfonamides is 1. The highest BCUT2D eigenvalue weighted by atomic mass is 35.5. The molecule has 8 nitrogen and oxygen atoms in total. The SMILES string of the molecule is CCN(CC)S(=O)(=O)c1cc(C(=O)NCC(=O)Nc2ccc(C)cc2Cl)ccc1OC. The van der Waals surface area contributed by atoms with Crippen LogP contribution in [-0.2, 0) is 14.8 Å². The van der Waals surface area contributed by atoms with Crippen LogP contribution in [0.5, 0.6) is 5.75 Å². The van der Waals surface area contributed by atoms with Crippen molar-refractivity contribution >= 4 is 39.1 Å². The van der Waals surface area contributed by atoms with Crippen molar-refractivity contribution in [2.45, 2.75) is 25.7 Å². The lowest BCUT2D eigenvalue weighted by Gasteiger charge is -2.20. The highest BCUT2D eigenvalue weighted by Crippen LogP contribution is 2.28. The molecule has 2 rings (SSSR count). The lowest BCUT2D eigenvalue weighted by Crippen LogP contribution is -2.33. The Morgan fingerprint density at radius 1 is 1.10 bits per heavy atom. The second-order valence-corrected chi connectivity index (χ2v) is 8.98. The van der Waals surface area contributed by atoms with Crippen molar-refractivity contribution in [3.05, 3.63) is 52.5 Å². The zero-order valence-corrected chi connectivity index (χ0v) is 19.4. The van der Waals surface area contributed by atoms with Crippen LogP contribution in [0.1, 0.15) is 29.8 Å². The Morgan fingerprint density at radius 3 is 2.35 bits per heavy atom. The molecule has 0 aliphatic rings. The van der Waals surface area contributed by atoms with Gasteiger partial charge in [0.15, 0.2) is 0 Å². The van der Waals surface area contributed by atoms with E-state index in [1.165, 1.54) is 29.6 Å². The van der Waals surface area contributed by atoms with Gasteiger partial charge in [-0.2, -0.15) is 4.31 Å². The second-order valence-electron chi connectivity index (χ2n) is 6.67. The summed E-state index contributed by atoms with van der Waals surface area (Å²) in [4.78, 5) is 24.6. The van der Waals surface area contributed by atoms with E-state index in [2.05, 4.69) is 10.6 Å². The number of hydrogen-bond acceptors (Lipinski definition) is 5. The van der Waals surface area contributed by atoms with Crippen molar-refractivity contribution in [1.82, 2.24) is 9.62 Å². The molecule has 0 aromatic heterocycles. The Bertz CT molecular complexity index is 1070. The van der Waals surface area contributed by atoms with Crippen LogP contribution in [-0.4, -0.2) is 51.3 Å². The van der Waals surface area contributed by atoms with Gasteiger partial charge in [0.25, 0.3) is 5.91 Å². The van der Waals surface area contributed by atoms with Crippen molar-refractivity contribution < 1.29 is 22.7 Å². The molecule has 168 valence electrons. The lowest BCUT2D eigenvalue weighted by atomic mass is 10.2. The van der Waals surface area contributed by atoms with Crippen molar-refractivity contribution in [3.8, 4) is 5.75 Å². The van der Waals surface area contributed by atoms with Crippen molar-refractivity contribution in [2.75, 3.05) is 32.1 Å². The third-order valence-electron chi connectivity index (χ3n) is 4.56. The molecule has 0 spiro atoms. The molecule has 0 fully saturated rings. The van der Waals surface area contributed by atoms with E-state index in [1.54, 1.807) is 32.0 Å². The second kappa shape index (κ2) is 10.6. The standard InChI is InChI=1S/C21H26ClN3O5S/c1-5-25(6-2)31(28,29)19-12-15(8-10-18(19)30-4)21(27)23-13-20(26)24-17-9-7-14(3)11-16(17)22/h7-12H,5-6,13H2,1-4H3,(H,23,27)(H,24,26). The van der Waals surface area contributed by atoms with Gasteiger partial charge in [0, 0.05) is 18.7 Å². The molecule has 31 heavy (non-hydrogen) atoms. The molecular formula is C21H26ClN3O5S. The van der Waals surface area contributed by atoms with E-state index in [4.69, 9.17) is 16.3 Å². The molecule has 0 saturated carbocycles. The third kappa shape index (κ3) is 5.96.